The molecular weight excluding hydrogens is 1070 g/mol. The van der Waals surface area contributed by atoms with Crippen LogP contribution in [0, 0.1) is 5.92 Å². The number of aliphatic hydroxyl groups excluding tert-OH is 4. The molecule has 82 heavy (non-hydrogen) atoms. The van der Waals surface area contributed by atoms with Crippen molar-refractivity contribution in [1.82, 2.24) is 36.4 Å². The van der Waals surface area contributed by atoms with Crippen molar-refractivity contribution in [2.24, 2.45) is 5.92 Å². The number of fused-ring (bicyclic) bond motifs is 1. The summed E-state index contributed by atoms with van der Waals surface area (Å²) in [6.45, 7) is 20.5. The number of amides is 7. The molecule has 1 aliphatic carbocycles. The second-order valence-electron chi connectivity index (χ2n) is 25.5. The zero-order chi connectivity index (χ0) is 61.4. The van der Waals surface area contributed by atoms with Gasteiger partial charge in [0.25, 0.3) is 11.8 Å². The molecule has 3 aliphatic heterocycles. The highest BCUT2D eigenvalue weighted by Gasteiger charge is 2.57. The Labute approximate surface area is 479 Å². The number of likely N-dealkylation sites (N-methyl/N-ethyl adjacent to an activating group) is 1. The molecule has 1 aromatic rings. The van der Waals surface area contributed by atoms with E-state index in [4.69, 9.17) is 33.2 Å². The molecule has 3 heterocycles. The molecule has 4 aliphatic rings. The van der Waals surface area contributed by atoms with Crippen LogP contribution in [0.25, 0.3) is 0 Å². The summed E-state index contributed by atoms with van der Waals surface area (Å²) in [6, 6.07) is 1.47. The fraction of sp³-hybridized carbons (Fsp3) is 0.732. The van der Waals surface area contributed by atoms with Crippen molar-refractivity contribution >= 4 is 42.1 Å². The third kappa shape index (κ3) is 19.1. The van der Waals surface area contributed by atoms with Crippen molar-refractivity contribution < 1.29 is 92.3 Å². The molecule has 26 nitrogen and oxygen atoms in total. The van der Waals surface area contributed by atoms with Crippen LogP contribution in [0.2, 0.25) is 0 Å². The second kappa shape index (κ2) is 27.2. The lowest BCUT2D eigenvalue weighted by Gasteiger charge is -2.52. The standard InChI is InChI=1S/C56H89N7O19/c1-52(2,3)79-48(71)58-24-23-37(65)44(68)59-36-26-35(61-50(73)81-54(7,8)9)38(39(66)42(36)78-47-40(67)43(56(13,75)29-76-47)62(14)51(74)82-55(10,11)12)41-34(60-49(72)80-53(4,5)6)22-21-31(77-41)28-57-27-30(64)18-17-25-63-45(69)32-19-15-16-20-33(32)46(63)70/h15-16,19-21,30,34-43,47,57,64-67,75H,17-18,22-29H2,1-14H3,(H,58,71)(H,59,68)(H,60,72)(H,61,73)/t30?,34-,35+,36-,37+,38-,39+,40-,41?,42+,43-,47-,56+/m1/s1. The van der Waals surface area contributed by atoms with Crippen LogP contribution in [-0.2, 0) is 38.0 Å². The second-order valence-corrected chi connectivity index (χ2v) is 25.5. The summed E-state index contributed by atoms with van der Waals surface area (Å²) < 4.78 is 41.3. The summed E-state index contributed by atoms with van der Waals surface area (Å²) in [6.07, 6.45) is -13.0. The summed E-state index contributed by atoms with van der Waals surface area (Å²) in [5.74, 6) is -2.85. The summed E-state index contributed by atoms with van der Waals surface area (Å²) in [4.78, 5) is 95.3. The van der Waals surface area contributed by atoms with E-state index in [1.165, 1.54) is 14.0 Å². The molecule has 13 atom stereocenters. The number of benzene rings is 1. The van der Waals surface area contributed by atoms with Crippen LogP contribution in [0.15, 0.2) is 36.1 Å². The van der Waals surface area contributed by atoms with Gasteiger partial charge in [-0.25, -0.2) is 19.2 Å². The van der Waals surface area contributed by atoms with Gasteiger partial charge in [0, 0.05) is 38.6 Å². The molecule has 7 amide bonds. The Morgan fingerprint density at radius 2 is 1.32 bits per heavy atom. The number of carbonyl (C=O) groups is 7. The SMILES string of the molecule is CN(C(=O)OC(C)(C)C)[C@@H]1[C@@H](O)[C@@H](O[C@@H]2[C@@H](O)[C@H](C3OC(CNCC(O)CCCN4C(=O)c5ccccc5C4=O)=CC[C@H]3NC(=O)OC(C)(C)C)[C@@H](NC(=O)OC(C)(C)C)C[C@H]2NC(=O)[C@@H](O)CCNC(=O)OC(C)(C)C)OC[C@]1(C)O. The fourth-order valence-corrected chi connectivity index (χ4v) is 10.1. The van der Waals surface area contributed by atoms with E-state index >= 15 is 0 Å². The van der Waals surface area contributed by atoms with E-state index in [1.54, 1.807) is 113 Å². The largest absolute Gasteiger partial charge is 0.491 e. The highest BCUT2D eigenvalue weighted by molar-refractivity contribution is 6.21. The van der Waals surface area contributed by atoms with Crippen molar-refractivity contribution in [2.45, 2.75) is 217 Å². The number of ether oxygens (including phenoxy) is 7. The van der Waals surface area contributed by atoms with Gasteiger partial charge in [-0.05, 0) is 140 Å². The minimum atomic E-state index is -1.91. The lowest BCUT2D eigenvalue weighted by atomic mass is 9.72. The molecular formula is C56H89N7O19. The van der Waals surface area contributed by atoms with E-state index < -0.39 is 150 Å². The van der Waals surface area contributed by atoms with Crippen LogP contribution in [0.5, 0.6) is 0 Å². The number of nitrogens with one attached hydrogen (secondary N) is 5. The van der Waals surface area contributed by atoms with Crippen molar-refractivity contribution in [1.29, 1.82) is 0 Å². The van der Waals surface area contributed by atoms with Crippen molar-refractivity contribution in [2.75, 3.05) is 39.8 Å². The number of nitrogens with zero attached hydrogens (tertiary/aromatic N) is 2. The number of hydrogen-bond acceptors (Lipinski definition) is 20. The van der Waals surface area contributed by atoms with Crippen LogP contribution in [0.1, 0.15) is 143 Å². The molecule has 0 radical (unpaired) electrons. The fourth-order valence-electron chi connectivity index (χ4n) is 10.1. The lowest BCUT2D eigenvalue weighted by Crippen LogP contribution is -2.71. The number of hydrogen-bond donors (Lipinski definition) is 10. The lowest BCUT2D eigenvalue weighted by molar-refractivity contribution is -0.305. The predicted octanol–water partition coefficient (Wildman–Crippen LogP) is 2.70. The molecule has 0 bridgehead atoms. The highest BCUT2D eigenvalue weighted by Crippen LogP contribution is 2.39. The Morgan fingerprint density at radius 1 is 0.768 bits per heavy atom. The summed E-state index contributed by atoms with van der Waals surface area (Å²) >= 11 is 0. The van der Waals surface area contributed by atoms with Crippen LogP contribution in [0.3, 0.4) is 0 Å². The topological polar surface area (TPSA) is 352 Å². The van der Waals surface area contributed by atoms with Crippen LogP contribution in [-0.4, -0.2) is 212 Å². The number of imide groups is 1. The molecule has 0 aromatic heterocycles. The molecule has 1 saturated carbocycles. The predicted molar refractivity (Wildman–Crippen MR) is 294 cm³/mol. The monoisotopic (exact) mass is 1160 g/mol. The zero-order valence-electron chi connectivity index (χ0n) is 49.7. The first kappa shape index (κ1) is 66.9. The third-order valence-electron chi connectivity index (χ3n) is 13.5. The van der Waals surface area contributed by atoms with Gasteiger partial charge in [0.15, 0.2) is 6.29 Å². The van der Waals surface area contributed by atoms with Gasteiger partial charge in [0.1, 0.15) is 58.2 Å². The van der Waals surface area contributed by atoms with E-state index in [2.05, 4.69) is 26.6 Å². The van der Waals surface area contributed by atoms with Gasteiger partial charge in [0.05, 0.1) is 54.6 Å². The average molecular weight is 1160 g/mol. The highest BCUT2D eigenvalue weighted by atomic mass is 16.7. The van der Waals surface area contributed by atoms with Gasteiger partial charge >= 0.3 is 24.4 Å². The Hall–Kier alpha value is -5.87. The summed E-state index contributed by atoms with van der Waals surface area (Å²) in [5, 5.41) is 72.9. The third-order valence-corrected chi connectivity index (χ3v) is 13.5. The van der Waals surface area contributed by atoms with E-state index in [9.17, 15) is 59.1 Å². The summed E-state index contributed by atoms with van der Waals surface area (Å²) in [7, 11) is 1.31. The minimum Gasteiger partial charge on any atom is -0.491 e. The molecule has 462 valence electrons. The molecule has 5 rings (SSSR count). The van der Waals surface area contributed by atoms with Crippen LogP contribution >= 0.6 is 0 Å². The van der Waals surface area contributed by atoms with Gasteiger partial charge in [-0.2, -0.15) is 0 Å². The van der Waals surface area contributed by atoms with Crippen molar-refractivity contribution in [3.8, 4) is 0 Å². The van der Waals surface area contributed by atoms with Crippen LogP contribution < -0.4 is 26.6 Å². The van der Waals surface area contributed by atoms with E-state index in [0.29, 0.717) is 17.5 Å². The van der Waals surface area contributed by atoms with Gasteiger partial charge in [-0.1, -0.05) is 12.1 Å². The molecule has 0 spiro atoms. The van der Waals surface area contributed by atoms with Gasteiger partial charge < -0.3 is 90.2 Å². The van der Waals surface area contributed by atoms with Crippen molar-refractivity contribution in [3.05, 3.63) is 47.2 Å². The maximum absolute atomic E-state index is 14.0. The molecule has 10 N–H and O–H groups in total. The van der Waals surface area contributed by atoms with E-state index in [1.807, 2.05) is 0 Å². The normalized spacial score (nSPS) is 27.6. The maximum atomic E-state index is 14.0. The molecule has 1 aromatic carbocycles. The van der Waals surface area contributed by atoms with Gasteiger partial charge in [0.2, 0.25) is 5.91 Å². The maximum Gasteiger partial charge on any atom is 0.410 e. The van der Waals surface area contributed by atoms with E-state index in [0.717, 1.165) is 9.80 Å². The van der Waals surface area contributed by atoms with Crippen molar-refractivity contribution in [3.63, 3.8) is 0 Å². The molecule has 2 fully saturated rings. The quantitative estimate of drug-likeness (QED) is 0.0703. The van der Waals surface area contributed by atoms with Gasteiger partial charge in [-0.15, -0.1) is 0 Å². The first-order chi connectivity index (χ1) is 37.8. The zero-order valence-corrected chi connectivity index (χ0v) is 49.7. The minimum absolute atomic E-state index is 0.00796. The van der Waals surface area contributed by atoms with E-state index in [-0.39, 0.29) is 57.6 Å². The number of aliphatic hydroxyl groups is 5. The number of rotatable bonds is 19. The van der Waals surface area contributed by atoms with Crippen LogP contribution in [0.4, 0.5) is 19.2 Å². The Morgan fingerprint density at radius 3 is 1.88 bits per heavy atom. The Balaban J connectivity index is 1.47. The first-order valence-corrected chi connectivity index (χ1v) is 27.8. The Kier molecular flexibility index (Phi) is 22.2. The summed E-state index contributed by atoms with van der Waals surface area (Å²) in [5.41, 5.74) is -5.07. The molecule has 2 unspecified atom stereocenters. The Bertz CT molecular complexity index is 2410. The smallest absolute Gasteiger partial charge is 0.410 e. The molecule has 26 heteroatoms. The van der Waals surface area contributed by atoms with Gasteiger partial charge in [-0.3, -0.25) is 19.3 Å². The molecule has 1 saturated heterocycles. The number of alkyl carbamates (subject to hydrolysis) is 3. The first-order valence-electron chi connectivity index (χ1n) is 27.8. The average Bonchev–Trinajstić information content (AvgIpc) is 3.70. The number of carbonyl (C=O) groups excluding carboxylic acids is 7.